The minimum absolute atomic E-state index is 0.192. The molecule has 0 radical (unpaired) electrons. The molecule has 0 aliphatic carbocycles. The molecule has 0 bridgehead atoms. The van der Waals surface area contributed by atoms with E-state index in [-0.39, 0.29) is 18.4 Å². The van der Waals surface area contributed by atoms with E-state index in [1.807, 2.05) is 18.2 Å². The third-order valence-corrected chi connectivity index (χ3v) is 5.00. The van der Waals surface area contributed by atoms with Gasteiger partial charge in [0.15, 0.2) is 6.61 Å². The van der Waals surface area contributed by atoms with Crippen LogP contribution in [0.1, 0.15) is 29.6 Å². The first kappa shape index (κ1) is 17.3. The summed E-state index contributed by atoms with van der Waals surface area (Å²) in [5.41, 5.74) is 0.715. The average Bonchev–Trinajstić information content (AvgIpc) is 2.81. The zero-order valence-corrected chi connectivity index (χ0v) is 14.8. The van der Waals surface area contributed by atoms with Gasteiger partial charge in [0.25, 0.3) is 17.7 Å². The highest BCUT2D eigenvalue weighted by molar-refractivity contribution is 6.22. The molecule has 2 aliphatic rings. The van der Waals surface area contributed by atoms with E-state index in [4.69, 9.17) is 4.74 Å². The van der Waals surface area contributed by atoms with Crippen molar-refractivity contribution in [2.45, 2.75) is 25.3 Å². The lowest BCUT2D eigenvalue weighted by molar-refractivity contribution is -0.130. The third kappa shape index (κ3) is 3.18. The van der Waals surface area contributed by atoms with Gasteiger partial charge in [0.1, 0.15) is 11.8 Å². The molecule has 27 heavy (non-hydrogen) atoms. The molecule has 6 nitrogen and oxygen atoms in total. The van der Waals surface area contributed by atoms with Crippen LogP contribution in [0.25, 0.3) is 0 Å². The van der Waals surface area contributed by atoms with Gasteiger partial charge < -0.3 is 9.64 Å². The highest BCUT2D eigenvalue weighted by atomic mass is 16.5. The van der Waals surface area contributed by atoms with Gasteiger partial charge >= 0.3 is 0 Å². The van der Waals surface area contributed by atoms with Crippen molar-refractivity contribution in [1.29, 1.82) is 0 Å². The van der Waals surface area contributed by atoms with E-state index >= 15 is 0 Å². The summed E-state index contributed by atoms with van der Waals surface area (Å²) in [7, 11) is 0. The predicted molar refractivity (Wildman–Crippen MR) is 99.5 cm³/mol. The summed E-state index contributed by atoms with van der Waals surface area (Å²) in [5, 5.41) is 0. The molecular formula is C21H20N2O4. The summed E-state index contributed by atoms with van der Waals surface area (Å²) in [6.45, 7) is 0.261. The summed E-state index contributed by atoms with van der Waals surface area (Å²) >= 11 is 0. The number of hydrogen-bond donors (Lipinski definition) is 0. The van der Waals surface area contributed by atoms with Crippen molar-refractivity contribution < 1.29 is 19.1 Å². The zero-order chi connectivity index (χ0) is 18.8. The molecule has 4 rings (SSSR count). The number of carbonyl (C=O) groups is 3. The Morgan fingerprint density at radius 2 is 1.74 bits per heavy atom. The topological polar surface area (TPSA) is 66.9 Å². The SMILES string of the molecule is O=C(COc1ccccc1)N1C(=O)[C@H]2CCCCN2C(=O)c2ccccc21. The Morgan fingerprint density at radius 3 is 2.56 bits per heavy atom. The van der Waals surface area contributed by atoms with Crippen molar-refractivity contribution in [3.63, 3.8) is 0 Å². The van der Waals surface area contributed by atoms with Crippen molar-refractivity contribution >= 4 is 23.4 Å². The fraction of sp³-hybridized carbons (Fsp3) is 0.286. The number of benzene rings is 2. The Bertz CT molecular complexity index is 881. The first-order valence-electron chi connectivity index (χ1n) is 9.11. The minimum Gasteiger partial charge on any atom is -0.484 e. The van der Waals surface area contributed by atoms with Gasteiger partial charge in [0, 0.05) is 6.54 Å². The van der Waals surface area contributed by atoms with Crippen LogP contribution in [0, 0.1) is 0 Å². The standard InChI is InChI=1S/C21H20N2O4/c24-19(14-27-15-8-2-1-3-9-15)23-17-11-5-4-10-16(17)20(25)22-13-7-6-12-18(22)21(23)26/h1-5,8-11,18H,6-7,12-14H2/t18-/m1/s1. The average molecular weight is 364 g/mol. The number of anilines is 1. The number of carbonyl (C=O) groups excluding carboxylic acids is 3. The highest BCUT2D eigenvalue weighted by Gasteiger charge is 2.42. The lowest BCUT2D eigenvalue weighted by Gasteiger charge is -2.33. The maximum absolute atomic E-state index is 13.2. The molecule has 138 valence electrons. The number of hydrogen-bond acceptors (Lipinski definition) is 4. The van der Waals surface area contributed by atoms with E-state index in [0.717, 1.165) is 17.7 Å². The molecule has 1 fully saturated rings. The Balaban J connectivity index is 1.67. The summed E-state index contributed by atoms with van der Waals surface area (Å²) in [5.74, 6) is -0.467. The highest BCUT2D eigenvalue weighted by Crippen LogP contribution is 2.32. The van der Waals surface area contributed by atoms with Crippen molar-refractivity contribution in [3.05, 3.63) is 60.2 Å². The number of amides is 3. The fourth-order valence-electron chi connectivity index (χ4n) is 3.69. The molecule has 0 unspecified atom stereocenters. The van der Waals surface area contributed by atoms with Gasteiger partial charge in [-0.25, -0.2) is 4.90 Å². The second-order valence-corrected chi connectivity index (χ2v) is 6.70. The molecule has 0 saturated carbocycles. The first-order chi connectivity index (χ1) is 13.2. The lowest BCUT2D eigenvalue weighted by Crippen LogP contribution is -2.52. The summed E-state index contributed by atoms with van der Waals surface area (Å²) in [6.07, 6.45) is 2.30. The summed E-state index contributed by atoms with van der Waals surface area (Å²) < 4.78 is 5.55. The molecular weight excluding hydrogens is 344 g/mol. The van der Waals surface area contributed by atoms with Crippen LogP contribution < -0.4 is 9.64 Å². The Morgan fingerprint density at radius 1 is 1.00 bits per heavy atom. The Hall–Kier alpha value is -3.15. The van der Waals surface area contributed by atoms with Crippen molar-refractivity contribution in [3.8, 4) is 5.75 Å². The fourth-order valence-corrected chi connectivity index (χ4v) is 3.69. The molecule has 2 heterocycles. The molecule has 2 aromatic carbocycles. The third-order valence-electron chi connectivity index (χ3n) is 5.00. The molecule has 2 aliphatic heterocycles. The van der Waals surface area contributed by atoms with Crippen molar-refractivity contribution in [2.24, 2.45) is 0 Å². The van der Waals surface area contributed by atoms with Gasteiger partial charge in [0.05, 0.1) is 11.3 Å². The normalized spacial score (nSPS) is 19.2. The quantitative estimate of drug-likeness (QED) is 0.840. The second-order valence-electron chi connectivity index (χ2n) is 6.70. The molecule has 2 aromatic rings. The van der Waals surface area contributed by atoms with E-state index in [1.54, 1.807) is 41.3 Å². The van der Waals surface area contributed by atoms with Gasteiger partial charge in [0.2, 0.25) is 0 Å². The van der Waals surface area contributed by atoms with E-state index < -0.39 is 11.9 Å². The summed E-state index contributed by atoms with van der Waals surface area (Å²) in [4.78, 5) is 41.8. The van der Waals surface area contributed by atoms with Crippen LogP contribution in [0.4, 0.5) is 5.69 Å². The van der Waals surface area contributed by atoms with Crippen LogP contribution in [0.3, 0.4) is 0 Å². The largest absolute Gasteiger partial charge is 0.484 e. The van der Waals surface area contributed by atoms with Gasteiger partial charge in [-0.15, -0.1) is 0 Å². The van der Waals surface area contributed by atoms with Crippen molar-refractivity contribution in [2.75, 3.05) is 18.1 Å². The number of para-hydroxylation sites is 2. The lowest BCUT2D eigenvalue weighted by atomic mass is 10.0. The predicted octanol–water partition coefficient (Wildman–Crippen LogP) is 2.63. The van der Waals surface area contributed by atoms with Crippen LogP contribution in [0.15, 0.2) is 54.6 Å². The van der Waals surface area contributed by atoms with Gasteiger partial charge in [-0.05, 0) is 43.5 Å². The zero-order valence-electron chi connectivity index (χ0n) is 14.8. The number of nitrogens with zero attached hydrogens (tertiary/aromatic N) is 2. The molecule has 6 heteroatoms. The molecule has 1 atom stereocenters. The first-order valence-corrected chi connectivity index (χ1v) is 9.11. The minimum atomic E-state index is -0.598. The van der Waals surface area contributed by atoms with Crippen LogP contribution in [0.5, 0.6) is 5.75 Å². The summed E-state index contributed by atoms with van der Waals surface area (Å²) in [6, 6.07) is 15.2. The molecule has 0 aromatic heterocycles. The van der Waals surface area contributed by atoms with Crippen LogP contribution >= 0.6 is 0 Å². The van der Waals surface area contributed by atoms with Gasteiger partial charge in [-0.3, -0.25) is 14.4 Å². The Labute approximate surface area is 157 Å². The van der Waals surface area contributed by atoms with E-state index in [0.29, 0.717) is 30.0 Å². The van der Waals surface area contributed by atoms with E-state index in [2.05, 4.69) is 0 Å². The number of ether oxygens (including phenoxy) is 1. The molecule has 0 N–H and O–H groups in total. The van der Waals surface area contributed by atoms with Gasteiger partial charge in [-0.2, -0.15) is 0 Å². The number of piperidine rings is 1. The maximum atomic E-state index is 13.2. The van der Waals surface area contributed by atoms with E-state index in [9.17, 15) is 14.4 Å². The number of rotatable bonds is 3. The smallest absolute Gasteiger partial charge is 0.271 e. The monoisotopic (exact) mass is 364 g/mol. The number of imide groups is 1. The van der Waals surface area contributed by atoms with Crippen LogP contribution in [-0.2, 0) is 9.59 Å². The van der Waals surface area contributed by atoms with Crippen molar-refractivity contribution in [1.82, 2.24) is 4.90 Å². The maximum Gasteiger partial charge on any atom is 0.271 e. The number of fused-ring (bicyclic) bond motifs is 2. The molecule has 0 spiro atoms. The van der Waals surface area contributed by atoms with Gasteiger partial charge in [-0.1, -0.05) is 30.3 Å². The second kappa shape index (κ2) is 7.23. The van der Waals surface area contributed by atoms with Crippen LogP contribution in [-0.4, -0.2) is 41.8 Å². The molecule has 1 saturated heterocycles. The van der Waals surface area contributed by atoms with E-state index in [1.165, 1.54) is 0 Å². The van der Waals surface area contributed by atoms with Crippen LogP contribution in [0.2, 0.25) is 0 Å². The molecule has 3 amide bonds. The Kier molecular flexibility index (Phi) is 4.62.